The van der Waals surface area contributed by atoms with Gasteiger partial charge in [-0.3, -0.25) is 0 Å². The Bertz CT molecular complexity index is 831. The smallest absolute Gasteiger partial charge is 0.340 e. The minimum atomic E-state index is -0.552. The van der Waals surface area contributed by atoms with E-state index in [1.165, 1.54) is 18.3 Å². The van der Waals surface area contributed by atoms with Crippen molar-refractivity contribution in [3.8, 4) is 17.1 Å². The van der Waals surface area contributed by atoms with Gasteiger partial charge in [-0.25, -0.2) is 9.78 Å². The summed E-state index contributed by atoms with van der Waals surface area (Å²) in [5.41, 5.74) is 1.05. The summed E-state index contributed by atoms with van der Waals surface area (Å²) in [6.07, 6.45) is 1.33. The van der Waals surface area contributed by atoms with Gasteiger partial charge in [0.25, 0.3) is 5.89 Å². The Labute approximate surface area is 142 Å². The molecule has 0 saturated carbocycles. The molecule has 7 nitrogen and oxygen atoms in total. The highest BCUT2D eigenvalue weighted by atomic mass is 35.5. The predicted molar refractivity (Wildman–Crippen MR) is 84.7 cm³/mol. The first-order valence-electron chi connectivity index (χ1n) is 6.91. The Morgan fingerprint density at radius 1 is 1.21 bits per heavy atom. The average Bonchev–Trinajstić information content (AvgIpc) is 3.09. The number of pyridine rings is 1. The van der Waals surface area contributed by atoms with Crippen LogP contribution < -0.4 is 4.74 Å². The lowest BCUT2D eigenvalue weighted by atomic mass is 10.2. The van der Waals surface area contributed by atoms with Crippen molar-refractivity contribution in [2.75, 3.05) is 7.11 Å². The first-order chi connectivity index (χ1) is 11.7. The number of nitrogens with zero attached hydrogens (tertiary/aromatic N) is 3. The molecule has 0 spiro atoms. The van der Waals surface area contributed by atoms with E-state index in [9.17, 15) is 4.79 Å². The van der Waals surface area contributed by atoms with E-state index < -0.39 is 5.97 Å². The molecule has 0 unspecified atom stereocenters. The van der Waals surface area contributed by atoms with Crippen LogP contribution in [0, 0.1) is 0 Å². The van der Waals surface area contributed by atoms with E-state index in [4.69, 9.17) is 25.6 Å². The van der Waals surface area contributed by atoms with Gasteiger partial charge >= 0.3 is 5.97 Å². The molecular weight excluding hydrogens is 334 g/mol. The second-order valence-electron chi connectivity index (χ2n) is 4.69. The Morgan fingerprint density at radius 3 is 2.67 bits per heavy atom. The van der Waals surface area contributed by atoms with Crippen molar-refractivity contribution < 1.29 is 18.8 Å². The molecule has 0 radical (unpaired) electrons. The monoisotopic (exact) mass is 345 g/mol. The predicted octanol–water partition coefficient (Wildman–Crippen LogP) is 3.15. The molecule has 0 aliphatic rings. The van der Waals surface area contributed by atoms with Crippen LogP contribution >= 0.6 is 11.6 Å². The quantitative estimate of drug-likeness (QED) is 0.518. The fraction of sp³-hybridized carbons (Fsp3) is 0.125. The van der Waals surface area contributed by atoms with Crippen molar-refractivity contribution in [3.63, 3.8) is 0 Å². The molecular formula is C16H12ClN3O4. The zero-order chi connectivity index (χ0) is 16.9. The Morgan fingerprint density at radius 2 is 2.00 bits per heavy atom. The highest BCUT2D eigenvalue weighted by molar-refractivity contribution is 6.29. The van der Waals surface area contributed by atoms with E-state index in [1.807, 2.05) is 0 Å². The second-order valence-corrected chi connectivity index (χ2v) is 5.07. The van der Waals surface area contributed by atoms with Crippen LogP contribution in [0.2, 0.25) is 5.15 Å². The van der Waals surface area contributed by atoms with Crippen molar-refractivity contribution in [2.45, 2.75) is 6.61 Å². The average molecular weight is 346 g/mol. The maximum absolute atomic E-state index is 11.9. The highest BCUT2D eigenvalue weighted by Crippen LogP contribution is 2.20. The molecule has 0 atom stereocenters. The molecule has 1 aromatic carbocycles. The Kier molecular flexibility index (Phi) is 4.72. The van der Waals surface area contributed by atoms with Gasteiger partial charge < -0.3 is 14.0 Å². The summed E-state index contributed by atoms with van der Waals surface area (Å²) < 4.78 is 15.3. The van der Waals surface area contributed by atoms with Crippen molar-refractivity contribution in [1.82, 2.24) is 15.1 Å². The van der Waals surface area contributed by atoms with Crippen molar-refractivity contribution in [1.29, 1.82) is 0 Å². The van der Waals surface area contributed by atoms with Gasteiger partial charge in [-0.05, 0) is 36.4 Å². The molecule has 0 bridgehead atoms. The standard InChI is InChI=1S/C16H12ClN3O4/c1-22-12-5-2-10(3-6-12)15-19-14(24-20-15)9-23-16(21)11-4-7-13(17)18-8-11/h2-8H,9H2,1H3. The number of rotatable bonds is 5. The number of halogens is 1. The van der Waals surface area contributed by atoms with Gasteiger partial charge in [-0.1, -0.05) is 16.8 Å². The zero-order valence-electron chi connectivity index (χ0n) is 12.6. The van der Waals surface area contributed by atoms with Crippen molar-refractivity contribution in [3.05, 3.63) is 59.2 Å². The van der Waals surface area contributed by atoms with Gasteiger partial charge in [0, 0.05) is 11.8 Å². The summed E-state index contributed by atoms with van der Waals surface area (Å²) in [5, 5.41) is 4.15. The lowest BCUT2D eigenvalue weighted by molar-refractivity contribution is 0.0429. The first kappa shape index (κ1) is 15.9. The third kappa shape index (κ3) is 3.69. The Balaban J connectivity index is 1.63. The van der Waals surface area contributed by atoms with E-state index in [0.717, 1.165) is 11.3 Å². The van der Waals surface area contributed by atoms with Gasteiger partial charge in [-0.15, -0.1) is 0 Å². The van der Waals surface area contributed by atoms with Crippen LogP contribution in [-0.4, -0.2) is 28.2 Å². The largest absolute Gasteiger partial charge is 0.497 e. The topological polar surface area (TPSA) is 87.3 Å². The second kappa shape index (κ2) is 7.10. The summed E-state index contributed by atoms with van der Waals surface area (Å²) >= 11 is 5.66. The fourth-order valence-electron chi connectivity index (χ4n) is 1.88. The number of hydrogen-bond donors (Lipinski definition) is 0. The van der Waals surface area contributed by atoms with Crippen molar-refractivity contribution >= 4 is 17.6 Å². The third-order valence-electron chi connectivity index (χ3n) is 3.11. The van der Waals surface area contributed by atoms with E-state index in [2.05, 4.69) is 15.1 Å². The van der Waals surface area contributed by atoms with E-state index in [1.54, 1.807) is 31.4 Å². The minimum Gasteiger partial charge on any atom is -0.497 e. The summed E-state index contributed by atoms with van der Waals surface area (Å²) in [7, 11) is 1.59. The van der Waals surface area contributed by atoms with Gasteiger partial charge in [0.05, 0.1) is 12.7 Å². The lowest BCUT2D eigenvalue weighted by Crippen LogP contribution is -2.05. The Hall–Kier alpha value is -2.93. The third-order valence-corrected chi connectivity index (χ3v) is 3.33. The number of methoxy groups -OCH3 is 1. The highest BCUT2D eigenvalue weighted by Gasteiger charge is 2.13. The van der Waals surface area contributed by atoms with Gasteiger partial charge in [0.1, 0.15) is 10.9 Å². The first-order valence-corrected chi connectivity index (χ1v) is 7.29. The maximum Gasteiger partial charge on any atom is 0.340 e. The van der Waals surface area contributed by atoms with E-state index in [0.29, 0.717) is 11.0 Å². The van der Waals surface area contributed by atoms with E-state index >= 15 is 0 Å². The summed E-state index contributed by atoms with van der Waals surface area (Å²) in [5.74, 6) is 0.768. The summed E-state index contributed by atoms with van der Waals surface area (Å²) in [6, 6.07) is 10.2. The molecule has 122 valence electrons. The summed E-state index contributed by atoms with van der Waals surface area (Å²) in [4.78, 5) is 19.9. The van der Waals surface area contributed by atoms with Gasteiger partial charge in [0.2, 0.25) is 5.82 Å². The molecule has 0 saturated heterocycles. The van der Waals surface area contributed by atoms with Gasteiger partial charge in [-0.2, -0.15) is 4.98 Å². The molecule has 3 rings (SSSR count). The van der Waals surface area contributed by atoms with Crippen LogP contribution in [0.1, 0.15) is 16.2 Å². The molecule has 24 heavy (non-hydrogen) atoms. The summed E-state index contributed by atoms with van der Waals surface area (Å²) in [6.45, 7) is -0.134. The van der Waals surface area contributed by atoms with Crippen LogP contribution in [0.15, 0.2) is 47.1 Å². The SMILES string of the molecule is COc1ccc(-c2noc(COC(=O)c3ccc(Cl)nc3)n2)cc1. The lowest BCUT2D eigenvalue weighted by Gasteiger charge is -2.01. The van der Waals surface area contributed by atoms with Gasteiger partial charge in [0.15, 0.2) is 6.61 Å². The van der Waals surface area contributed by atoms with Crippen LogP contribution in [0.25, 0.3) is 11.4 Å². The molecule has 0 amide bonds. The molecule has 3 aromatic rings. The number of benzene rings is 1. The fourth-order valence-corrected chi connectivity index (χ4v) is 1.99. The molecule has 8 heteroatoms. The molecule has 0 aliphatic carbocycles. The molecule has 2 heterocycles. The van der Waals surface area contributed by atoms with E-state index in [-0.39, 0.29) is 18.1 Å². The van der Waals surface area contributed by atoms with Crippen LogP contribution in [0.3, 0.4) is 0 Å². The van der Waals surface area contributed by atoms with Crippen LogP contribution in [0.5, 0.6) is 5.75 Å². The normalized spacial score (nSPS) is 10.4. The zero-order valence-corrected chi connectivity index (χ0v) is 13.4. The van der Waals surface area contributed by atoms with Crippen LogP contribution in [0.4, 0.5) is 0 Å². The molecule has 0 N–H and O–H groups in total. The minimum absolute atomic E-state index is 0.134. The number of carbonyl (C=O) groups is 1. The number of carbonyl (C=O) groups excluding carboxylic acids is 1. The van der Waals surface area contributed by atoms with Crippen LogP contribution in [-0.2, 0) is 11.3 Å². The van der Waals surface area contributed by atoms with Crippen molar-refractivity contribution in [2.24, 2.45) is 0 Å². The maximum atomic E-state index is 11.9. The molecule has 0 fully saturated rings. The number of ether oxygens (including phenoxy) is 2. The number of hydrogen-bond acceptors (Lipinski definition) is 7. The number of esters is 1. The molecule has 0 aliphatic heterocycles. The number of aromatic nitrogens is 3. The molecule has 2 aromatic heterocycles.